The molecule has 3 aromatic rings. The van der Waals surface area contributed by atoms with E-state index in [-0.39, 0.29) is 5.91 Å². The summed E-state index contributed by atoms with van der Waals surface area (Å²) >= 11 is 0. The number of hydrogen-bond donors (Lipinski definition) is 0. The largest absolute Gasteiger partial charge is 0.341 e. The number of nitrogens with zero attached hydrogens (tertiary/aromatic N) is 6. The van der Waals surface area contributed by atoms with Crippen LogP contribution in [-0.4, -0.2) is 69.9 Å². The Balaban J connectivity index is 1.34. The number of pyridine rings is 1. The van der Waals surface area contributed by atoms with Gasteiger partial charge in [-0.25, -0.2) is 9.97 Å². The maximum atomic E-state index is 12.3. The molecule has 0 radical (unpaired) electrons. The Morgan fingerprint density at radius 3 is 2.70 bits per heavy atom. The van der Waals surface area contributed by atoms with Gasteiger partial charge in [0.25, 0.3) is 0 Å². The van der Waals surface area contributed by atoms with Gasteiger partial charge in [-0.05, 0) is 48.9 Å². The van der Waals surface area contributed by atoms with Crippen LogP contribution in [0, 0.1) is 5.92 Å². The molecular weight excluding hydrogens is 412 g/mol. The number of anilines is 1. The van der Waals surface area contributed by atoms with Gasteiger partial charge in [-0.15, -0.1) is 0 Å². The van der Waals surface area contributed by atoms with Crippen molar-refractivity contribution < 1.29 is 4.79 Å². The molecule has 0 bridgehead atoms. The summed E-state index contributed by atoms with van der Waals surface area (Å²) in [5.41, 5.74) is 3.38. The smallest absolute Gasteiger partial charge is 0.225 e. The zero-order chi connectivity index (χ0) is 22.6. The second-order valence-corrected chi connectivity index (χ2v) is 9.30. The lowest BCUT2D eigenvalue weighted by Gasteiger charge is -2.25. The fourth-order valence-electron chi connectivity index (χ4n) is 5.17. The van der Waals surface area contributed by atoms with Crippen molar-refractivity contribution in [3.05, 3.63) is 60.0 Å². The Morgan fingerprint density at radius 2 is 1.85 bits per heavy atom. The Bertz CT molecular complexity index is 1110. The molecule has 172 valence electrons. The highest BCUT2D eigenvalue weighted by Gasteiger charge is 2.25. The first-order valence-electron chi connectivity index (χ1n) is 12.0. The molecule has 2 aromatic heterocycles. The topological polar surface area (TPSA) is 65.5 Å². The first kappa shape index (κ1) is 21.8. The quantitative estimate of drug-likeness (QED) is 0.602. The number of fused-ring (bicyclic) bond motifs is 1. The highest BCUT2D eigenvalue weighted by molar-refractivity contribution is 5.82. The molecular formula is C26H32N6O. The fraction of sp³-hybridized carbons (Fsp3) is 0.462. The molecule has 1 aromatic carbocycles. The molecule has 2 aliphatic heterocycles. The molecule has 0 saturated carbocycles. The molecule has 1 atom stereocenters. The minimum atomic E-state index is 0.153. The number of aromatic nitrogens is 3. The maximum absolute atomic E-state index is 12.3. The van der Waals surface area contributed by atoms with Gasteiger partial charge in [0.15, 0.2) is 0 Å². The Kier molecular flexibility index (Phi) is 6.48. The lowest BCUT2D eigenvalue weighted by Crippen LogP contribution is -2.34. The van der Waals surface area contributed by atoms with Gasteiger partial charge in [-0.3, -0.25) is 14.7 Å². The number of rotatable bonds is 5. The molecule has 2 fully saturated rings. The van der Waals surface area contributed by atoms with Crippen LogP contribution < -0.4 is 4.90 Å². The van der Waals surface area contributed by atoms with E-state index >= 15 is 0 Å². The third-order valence-electron chi connectivity index (χ3n) is 6.85. The van der Waals surface area contributed by atoms with Crippen LogP contribution in [0.25, 0.3) is 10.9 Å². The van der Waals surface area contributed by atoms with Crippen LogP contribution in [0.5, 0.6) is 0 Å². The third-order valence-corrected chi connectivity index (χ3v) is 6.85. The highest BCUT2D eigenvalue weighted by Crippen LogP contribution is 2.23. The first-order valence-corrected chi connectivity index (χ1v) is 12.0. The average Bonchev–Trinajstić information content (AvgIpc) is 3.29. The van der Waals surface area contributed by atoms with Crippen LogP contribution in [0.2, 0.25) is 0 Å². The normalized spacial score (nSPS) is 19.7. The zero-order valence-electron chi connectivity index (χ0n) is 19.4. The second kappa shape index (κ2) is 9.83. The van der Waals surface area contributed by atoms with E-state index in [0.29, 0.717) is 5.92 Å². The number of carbonyl (C=O) groups is 1. The molecule has 2 saturated heterocycles. The van der Waals surface area contributed by atoms with Crippen LogP contribution in [0.1, 0.15) is 31.0 Å². The van der Waals surface area contributed by atoms with Crippen molar-refractivity contribution in [2.75, 3.05) is 44.2 Å². The summed E-state index contributed by atoms with van der Waals surface area (Å²) in [6, 6.07) is 12.5. The summed E-state index contributed by atoms with van der Waals surface area (Å²) in [5.74, 6) is 1.35. The van der Waals surface area contributed by atoms with Crippen LogP contribution in [-0.2, 0) is 17.8 Å². The molecule has 1 amide bonds. The number of hydrogen-bond acceptors (Lipinski definition) is 6. The summed E-state index contributed by atoms with van der Waals surface area (Å²) in [6.07, 6.45) is 7.08. The molecule has 5 rings (SSSR count). The van der Waals surface area contributed by atoms with E-state index in [0.717, 1.165) is 69.4 Å². The lowest BCUT2D eigenvalue weighted by molar-refractivity contribution is -0.129. The lowest BCUT2D eigenvalue weighted by atomic mass is 9.95. The molecule has 0 spiro atoms. The summed E-state index contributed by atoms with van der Waals surface area (Å²) < 4.78 is 0. The van der Waals surface area contributed by atoms with Gasteiger partial charge < -0.3 is 9.80 Å². The third kappa shape index (κ3) is 5.14. The van der Waals surface area contributed by atoms with Crippen LogP contribution in [0.15, 0.2) is 48.8 Å². The molecule has 1 unspecified atom stereocenters. The van der Waals surface area contributed by atoms with Crippen molar-refractivity contribution in [2.24, 2.45) is 5.92 Å². The van der Waals surface area contributed by atoms with Crippen molar-refractivity contribution >= 4 is 22.8 Å². The van der Waals surface area contributed by atoms with E-state index in [1.807, 2.05) is 29.4 Å². The van der Waals surface area contributed by atoms with Gasteiger partial charge >= 0.3 is 0 Å². The Hall–Kier alpha value is -3.06. The van der Waals surface area contributed by atoms with Gasteiger partial charge in [0.05, 0.1) is 11.2 Å². The van der Waals surface area contributed by atoms with E-state index in [9.17, 15) is 4.79 Å². The Labute approximate surface area is 195 Å². The van der Waals surface area contributed by atoms with E-state index in [2.05, 4.69) is 44.0 Å². The minimum Gasteiger partial charge on any atom is -0.341 e. The van der Waals surface area contributed by atoms with Gasteiger partial charge in [0.1, 0.15) is 0 Å². The second-order valence-electron chi connectivity index (χ2n) is 9.30. The summed E-state index contributed by atoms with van der Waals surface area (Å²) in [6.45, 7) is 7.88. The highest BCUT2D eigenvalue weighted by atomic mass is 16.2. The number of benzene rings is 1. The van der Waals surface area contributed by atoms with E-state index < -0.39 is 0 Å². The van der Waals surface area contributed by atoms with Crippen LogP contribution >= 0.6 is 0 Å². The number of carbonyl (C=O) groups excluding carboxylic acids is 1. The van der Waals surface area contributed by atoms with Crippen molar-refractivity contribution in [2.45, 2.75) is 32.7 Å². The molecule has 0 N–H and O–H groups in total. The standard InChI is InChI=1S/C26H32N6O/c1-20(33)32-15-14-30(19-23-9-11-28-26(29-23)31-12-2-3-13-31)17-21(18-32)16-22-6-4-8-25-24(22)7-5-10-27-25/h4-11,21H,2-3,12-19H2,1H3. The van der Waals surface area contributed by atoms with Crippen molar-refractivity contribution in [3.63, 3.8) is 0 Å². The molecule has 4 heterocycles. The predicted octanol–water partition coefficient (Wildman–Crippen LogP) is 3.15. The van der Waals surface area contributed by atoms with Crippen molar-refractivity contribution in [3.8, 4) is 0 Å². The van der Waals surface area contributed by atoms with E-state index in [4.69, 9.17) is 4.98 Å². The maximum Gasteiger partial charge on any atom is 0.225 e. The monoisotopic (exact) mass is 444 g/mol. The van der Waals surface area contributed by atoms with Gasteiger partial charge in [-0.2, -0.15) is 0 Å². The van der Waals surface area contributed by atoms with E-state index in [1.54, 1.807) is 6.92 Å². The SMILES string of the molecule is CC(=O)N1CCN(Cc2ccnc(N3CCCC3)n2)CC(Cc2cccc3ncccc23)C1. The predicted molar refractivity (Wildman–Crippen MR) is 130 cm³/mol. The Morgan fingerprint density at radius 1 is 0.970 bits per heavy atom. The average molecular weight is 445 g/mol. The number of amides is 1. The fourth-order valence-corrected chi connectivity index (χ4v) is 5.17. The zero-order valence-corrected chi connectivity index (χ0v) is 19.4. The van der Waals surface area contributed by atoms with Gasteiger partial charge in [0, 0.05) is 70.5 Å². The molecule has 2 aliphatic rings. The summed E-state index contributed by atoms with van der Waals surface area (Å²) in [7, 11) is 0. The summed E-state index contributed by atoms with van der Waals surface area (Å²) in [4.78, 5) is 32.9. The molecule has 33 heavy (non-hydrogen) atoms. The van der Waals surface area contributed by atoms with Crippen LogP contribution in [0.4, 0.5) is 5.95 Å². The summed E-state index contributed by atoms with van der Waals surface area (Å²) in [5, 5.41) is 1.20. The van der Waals surface area contributed by atoms with Gasteiger partial charge in [-0.1, -0.05) is 18.2 Å². The molecule has 7 heteroatoms. The molecule has 0 aliphatic carbocycles. The van der Waals surface area contributed by atoms with E-state index in [1.165, 1.54) is 23.8 Å². The minimum absolute atomic E-state index is 0.153. The van der Waals surface area contributed by atoms with Crippen molar-refractivity contribution in [1.82, 2.24) is 24.8 Å². The van der Waals surface area contributed by atoms with Crippen molar-refractivity contribution in [1.29, 1.82) is 0 Å². The van der Waals surface area contributed by atoms with Crippen LogP contribution in [0.3, 0.4) is 0 Å². The first-order chi connectivity index (χ1) is 16.2. The van der Waals surface area contributed by atoms with Gasteiger partial charge in [0.2, 0.25) is 11.9 Å². The molecule has 7 nitrogen and oxygen atoms in total.